The van der Waals surface area contributed by atoms with Crippen LogP contribution in [0.4, 0.5) is 11.6 Å². The average molecular weight is 206 g/mol. The summed E-state index contributed by atoms with van der Waals surface area (Å²) in [6.07, 6.45) is 2.92. The molecule has 0 bridgehead atoms. The summed E-state index contributed by atoms with van der Waals surface area (Å²) in [7, 11) is 0. The first-order chi connectivity index (χ1) is 7.25. The highest BCUT2D eigenvalue weighted by Crippen LogP contribution is 2.16. The van der Waals surface area contributed by atoms with Crippen molar-refractivity contribution in [2.24, 2.45) is 0 Å². The zero-order chi connectivity index (χ0) is 10.7. The first kappa shape index (κ1) is 9.32. The van der Waals surface area contributed by atoms with E-state index in [1.54, 1.807) is 12.3 Å². The van der Waals surface area contributed by atoms with Gasteiger partial charge in [-0.3, -0.25) is 0 Å². The molecule has 2 aromatic heterocycles. The Labute approximate surface area is 85.8 Å². The zero-order valence-electron chi connectivity index (χ0n) is 7.84. The van der Waals surface area contributed by atoms with Crippen LogP contribution in [-0.4, -0.2) is 15.1 Å². The van der Waals surface area contributed by atoms with Crippen LogP contribution in [0.1, 0.15) is 5.76 Å². The highest BCUT2D eigenvalue weighted by Gasteiger charge is 2.02. The van der Waals surface area contributed by atoms with Crippen molar-refractivity contribution < 1.29 is 9.52 Å². The summed E-state index contributed by atoms with van der Waals surface area (Å²) in [5.41, 5.74) is 5.51. The molecule has 6 nitrogen and oxygen atoms in total. The third-order valence-corrected chi connectivity index (χ3v) is 1.80. The Bertz CT molecular complexity index is 441. The lowest BCUT2D eigenvalue weighted by molar-refractivity contribution is 0.455. The molecule has 78 valence electrons. The molecule has 0 fully saturated rings. The number of anilines is 2. The lowest BCUT2D eigenvalue weighted by atomic mass is 10.4. The van der Waals surface area contributed by atoms with Crippen molar-refractivity contribution in [3.8, 4) is 5.88 Å². The molecule has 0 aromatic carbocycles. The maximum Gasteiger partial charge on any atom is 0.239 e. The van der Waals surface area contributed by atoms with Gasteiger partial charge in [0.2, 0.25) is 11.8 Å². The molecule has 4 N–H and O–H groups in total. The van der Waals surface area contributed by atoms with E-state index >= 15 is 0 Å². The molecule has 0 aliphatic carbocycles. The van der Waals surface area contributed by atoms with Gasteiger partial charge in [0, 0.05) is 0 Å². The molecule has 2 rings (SSSR count). The Morgan fingerprint density at radius 1 is 1.53 bits per heavy atom. The Kier molecular flexibility index (Phi) is 2.40. The number of nitrogens with two attached hydrogens (primary N) is 1. The molecule has 0 saturated carbocycles. The molecule has 6 heteroatoms. The summed E-state index contributed by atoms with van der Waals surface area (Å²) in [5, 5.41) is 12.1. The minimum absolute atomic E-state index is 0.151. The highest BCUT2D eigenvalue weighted by molar-refractivity contribution is 5.47. The van der Waals surface area contributed by atoms with Crippen LogP contribution in [0.25, 0.3) is 0 Å². The number of nitrogen functional groups attached to an aromatic ring is 1. The first-order valence-electron chi connectivity index (χ1n) is 4.33. The zero-order valence-corrected chi connectivity index (χ0v) is 7.84. The largest absolute Gasteiger partial charge is 0.492 e. The number of hydrogen-bond acceptors (Lipinski definition) is 6. The molecule has 0 aliphatic rings. The Hall–Kier alpha value is -2.24. The van der Waals surface area contributed by atoms with Gasteiger partial charge in [-0.25, -0.2) is 4.98 Å². The number of aromatic nitrogens is 2. The maximum absolute atomic E-state index is 9.22. The highest BCUT2D eigenvalue weighted by atomic mass is 16.3. The number of rotatable bonds is 3. The molecule has 0 unspecified atom stereocenters. The van der Waals surface area contributed by atoms with Crippen LogP contribution >= 0.6 is 0 Å². The summed E-state index contributed by atoms with van der Waals surface area (Å²) in [4.78, 5) is 7.63. The van der Waals surface area contributed by atoms with Crippen molar-refractivity contribution in [3.05, 3.63) is 30.4 Å². The van der Waals surface area contributed by atoms with Crippen molar-refractivity contribution in [2.45, 2.75) is 6.54 Å². The molecular weight excluding hydrogens is 196 g/mol. The van der Waals surface area contributed by atoms with E-state index in [0.29, 0.717) is 12.5 Å². The van der Waals surface area contributed by atoms with Gasteiger partial charge in [0.15, 0.2) is 0 Å². The van der Waals surface area contributed by atoms with Gasteiger partial charge in [0.25, 0.3) is 0 Å². The fourth-order valence-electron chi connectivity index (χ4n) is 1.05. The van der Waals surface area contributed by atoms with E-state index in [1.165, 1.54) is 6.20 Å². The SMILES string of the molecule is Nc1cnc(NCc2ccco2)nc1O. The lowest BCUT2D eigenvalue weighted by Crippen LogP contribution is -2.03. The second kappa shape index (κ2) is 3.87. The molecule has 0 spiro atoms. The monoisotopic (exact) mass is 206 g/mol. The van der Waals surface area contributed by atoms with Gasteiger partial charge >= 0.3 is 0 Å². The van der Waals surface area contributed by atoms with Crippen LogP contribution in [0.3, 0.4) is 0 Å². The average Bonchev–Trinajstić information content (AvgIpc) is 2.73. The Balaban J connectivity index is 2.02. The number of furan rings is 1. The molecule has 2 aromatic rings. The van der Waals surface area contributed by atoms with Gasteiger partial charge in [-0.2, -0.15) is 4.98 Å². The molecule has 15 heavy (non-hydrogen) atoms. The van der Waals surface area contributed by atoms with Gasteiger partial charge in [-0.05, 0) is 12.1 Å². The molecule has 2 heterocycles. The van der Waals surface area contributed by atoms with Crippen LogP contribution < -0.4 is 11.1 Å². The third kappa shape index (κ3) is 2.16. The molecule has 0 saturated heterocycles. The minimum atomic E-state index is -0.230. The predicted octanol–water partition coefficient (Wildman–Crippen LogP) is 0.970. The van der Waals surface area contributed by atoms with E-state index in [0.717, 1.165) is 5.76 Å². The van der Waals surface area contributed by atoms with Crippen LogP contribution in [0.15, 0.2) is 29.0 Å². The van der Waals surface area contributed by atoms with Crippen molar-refractivity contribution in [2.75, 3.05) is 11.1 Å². The molecule has 0 atom stereocenters. The standard InChI is InChI=1S/C9H10N4O2/c10-7-5-12-9(13-8(7)14)11-4-6-2-1-3-15-6/h1-3,5H,4,10H2,(H2,11,12,13,14). The van der Waals surface area contributed by atoms with Gasteiger partial charge in [-0.1, -0.05) is 0 Å². The normalized spacial score (nSPS) is 10.1. The van der Waals surface area contributed by atoms with Crippen LogP contribution in [0.2, 0.25) is 0 Å². The van der Waals surface area contributed by atoms with E-state index in [2.05, 4.69) is 15.3 Å². The summed E-state index contributed by atoms with van der Waals surface area (Å²) in [5.74, 6) is 0.833. The minimum Gasteiger partial charge on any atom is -0.492 e. The predicted molar refractivity (Wildman–Crippen MR) is 54.1 cm³/mol. The Morgan fingerprint density at radius 3 is 3.07 bits per heavy atom. The van der Waals surface area contributed by atoms with E-state index < -0.39 is 0 Å². The maximum atomic E-state index is 9.22. The van der Waals surface area contributed by atoms with Crippen molar-refractivity contribution in [1.82, 2.24) is 9.97 Å². The topological polar surface area (TPSA) is 97.2 Å². The van der Waals surface area contributed by atoms with E-state index in [-0.39, 0.29) is 11.6 Å². The van der Waals surface area contributed by atoms with Gasteiger partial charge in [-0.15, -0.1) is 0 Å². The van der Waals surface area contributed by atoms with E-state index in [1.807, 2.05) is 6.07 Å². The second-order valence-corrected chi connectivity index (χ2v) is 2.91. The van der Waals surface area contributed by atoms with Gasteiger partial charge in [0.1, 0.15) is 11.4 Å². The molecule has 0 aliphatic heterocycles. The Morgan fingerprint density at radius 2 is 2.40 bits per heavy atom. The fraction of sp³-hybridized carbons (Fsp3) is 0.111. The third-order valence-electron chi connectivity index (χ3n) is 1.80. The summed E-state index contributed by atoms with van der Waals surface area (Å²) < 4.78 is 5.10. The lowest BCUT2D eigenvalue weighted by Gasteiger charge is -2.03. The quantitative estimate of drug-likeness (QED) is 0.692. The van der Waals surface area contributed by atoms with Crippen molar-refractivity contribution in [1.29, 1.82) is 0 Å². The van der Waals surface area contributed by atoms with Crippen molar-refractivity contribution in [3.63, 3.8) is 0 Å². The number of hydrogen-bond donors (Lipinski definition) is 3. The smallest absolute Gasteiger partial charge is 0.239 e. The van der Waals surface area contributed by atoms with Crippen LogP contribution in [0, 0.1) is 0 Å². The molecule has 0 radical (unpaired) electrons. The summed E-state index contributed by atoms with van der Waals surface area (Å²) in [6, 6.07) is 3.61. The van der Waals surface area contributed by atoms with Gasteiger partial charge < -0.3 is 20.6 Å². The molecular formula is C9H10N4O2. The first-order valence-corrected chi connectivity index (χ1v) is 4.33. The van der Waals surface area contributed by atoms with Gasteiger partial charge in [0.05, 0.1) is 19.0 Å². The number of nitrogens with zero attached hydrogens (tertiary/aromatic N) is 2. The second-order valence-electron chi connectivity index (χ2n) is 2.91. The van der Waals surface area contributed by atoms with E-state index in [9.17, 15) is 5.11 Å². The molecule has 0 amide bonds. The fourth-order valence-corrected chi connectivity index (χ4v) is 1.05. The van der Waals surface area contributed by atoms with E-state index in [4.69, 9.17) is 10.2 Å². The number of aromatic hydroxyl groups is 1. The van der Waals surface area contributed by atoms with Crippen LogP contribution in [0.5, 0.6) is 5.88 Å². The number of nitrogens with one attached hydrogen (secondary N) is 1. The summed E-state index contributed by atoms with van der Waals surface area (Å²) in [6.45, 7) is 0.455. The van der Waals surface area contributed by atoms with Crippen LogP contribution in [-0.2, 0) is 6.54 Å². The summed E-state index contributed by atoms with van der Waals surface area (Å²) >= 11 is 0. The van der Waals surface area contributed by atoms with Crippen molar-refractivity contribution >= 4 is 11.6 Å².